The number of carbonyl (C=O) groups is 1. The number of rotatable bonds is 6. The van der Waals surface area contributed by atoms with E-state index in [1.165, 1.54) is 0 Å². The van der Waals surface area contributed by atoms with Gasteiger partial charge < -0.3 is 9.47 Å². The van der Waals surface area contributed by atoms with Crippen molar-refractivity contribution < 1.29 is 14.3 Å². The molecule has 0 N–H and O–H groups in total. The zero-order valence-electron chi connectivity index (χ0n) is 14.0. The molecule has 0 bridgehead atoms. The molecular weight excluding hydrogens is 290 g/mol. The van der Waals surface area contributed by atoms with E-state index >= 15 is 0 Å². The third-order valence-corrected chi connectivity index (χ3v) is 3.70. The predicted octanol–water partition coefficient (Wildman–Crippen LogP) is 4.03. The lowest BCUT2D eigenvalue weighted by molar-refractivity contribution is -0.156. The van der Waals surface area contributed by atoms with Crippen molar-refractivity contribution in [1.82, 2.24) is 4.90 Å². The minimum absolute atomic E-state index is 0.247. The molecule has 23 heavy (non-hydrogen) atoms. The molecule has 0 heterocycles. The van der Waals surface area contributed by atoms with E-state index in [0.717, 1.165) is 11.3 Å². The van der Waals surface area contributed by atoms with Gasteiger partial charge in [0.25, 0.3) is 0 Å². The van der Waals surface area contributed by atoms with E-state index in [1.54, 1.807) is 0 Å². The highest BCUT2D eigenvalue weighted by Crippen LogP contribution is 2.26. The smallest absolute Gasteiger partial charge is 0.314 e. The molecule has 4 heteroatoms. The topological polar surface area (TPSA) is 38.8 Å². The van der Waals surface area contributed by atoms with Crippen molar-refractivity contribution in [3.05, 3.63) is 60.2 Å². The second-order valence-corrected chi connectivity index (χ2v) is 5.71. The Morgan fingerprint density at radius 3 is 2.26 bits per heavy atom. The summed E-state index contributed by atoms with van der Waals surface area (Å²) in [4.78, 5) is 14.1. The SMILES string of the molecule is CC(C(=O)OC(C)N(C)C)c1cccc(Oc2ccccc2)c1. The van der Waals surface area contributed by atoms with Gasteiger partial charge in [-0.15, -0.1) is 0 Å². The fourth-order valence-electron chi connectivity index (χ4n) is 1.98. The van der Waals surface area contributed by atoms with E-state index in [2.05, 4.69) is 0 Å². The van der Waals surface area contributed by atoms with Crippen molar-refractivity contribution in [2.75, 3.05) is 14.1 Å². The standard InChI is InChI=1S/C19H23NO3/c1-14(19(21)22-15(2)20(3)4)16-9-8-12-18(13-16)23-17-10-6-5-7-11-17/h5-15H,1-4H3. The maximum absolute atomic E-state index is 12.2. The molecule has 0 aliphatic carbocycles. The molecule has 0 aromatic heterocycles. The van der Waals surface area contributed by atoms with Gasteiger partial charge in [0.15, 0.2) is 6.23 Å². The van der Waals surface area contributed by atoms with Crippen LogP contribution in [0.2, 0.25) is 0 Å². The molecule has 0 spiro atoms. The highest BCUT2D eigenvalue weighted by Gasteiger charge is 2.20. The van der Waals surface area contributed by atoms with Crippen LogP contribution < -0.4 is 4.74 Å². The van der Waals surface area contributed by atoms with Gasteiger partial charge in [0.05, 0.1) is 5.92 Å². The minimum atomic E-state index is -0.350. The summed E-state index contributed by atoms with van der Waals surface area (Å²) in [6.07, 6.45) is -0.256. The molecule has 122 valence electrons. The highest BCUT2D eigenvalue weighted by atomic mass is 16.6. The normalized spacial score (nSPS) is 13.4. The first kappa shape index (κ1) is 17.0. The van der Waals surface area contributed by atoms with Gasteiger partial charge >= 0.3 is 5.97 Å². The average molecular weight is 313 g/mol. The Morgan fingerprint density at radius 2 is 1.61 bits per heavy atom. The van der Waals surface area contributed by atoms with Gasteiger partial charge in [-0.25, -0.2) is 0 Å². The lowest BCUT2D eigenvalue weighted by atomic mass is 10.0. The van der Waals surface area contributed by atoms with Gasteiger partial charge in [0.2, 0.25) is 0 Å². The van der Waals surface area contributed by atoms with E-state index in [4.69, 9.17) is 9.47 Å². The predicted molar refractivity (Wildman–Crippen MR) is 90.6 cm³/mol. The van der Waals surface area contributed by atoms with E-state index < -0.39 is 0 Å². The molecule has 2 rings (SSSR count). The number of nitrogens with zero attached hydrogens (tertiary/aromatic N) is 1. The van der Waals surface area contributed by atoms with Crippen molar-refractivity contribution in [2.45, 2.75) is 26.0 Å². The summed E-state index contributed by atoms with van der Waals surface area (Å²) in [7, 11) is 3.74. The monoisotopic (exact) mass is 313 g/mol. The minimum Gasteiger partial charge on any atom is -0.457 e. The summed E-state index contributed by atoms with van der Waals surface area (Å²) >= 11 is 0. The van der Waals surface area contributed by atoms with Crippen molar-refractivity contribution in [3.8, 4) is 11.5 Å². The number of hydrogen-bond acceptors (Lipinski definition) is 4. The number of hydrogen-bond donors (Lipinski definition) is 0. The second-order valence-electron chi connectivity index (χ2n) is 5.71. The molecule has 0 aliphatic rings. The fourth-order valence-corrected chi connectivity index (χ4v) is 1.98. The Morgan fingerprint density at radius 1 is 0.957 bits per heavy atom. The maximum Gasteiger partial charge on any atom is 0.314 e. The number of carbonyl (C=O) groups excluding carboxylic acids is 1. The quantitative estimate of drug-likeness (QED) is 0.596. The molecular formula is C19H23NO3. The first-order valence-electron chi connectivity index (χ1n) is 7.67. The van der Waals surface area contributed by atoms with E-state index in [9.17, 15) is 4.79 Å². The Bertz CT molecular complexity index is 640. The van der Waals surface area contributed by atoms with Gasteiger partial charge in [0.1, 0.15) is 11.5 Å². The first-order valence-corrected chi connectivity index (χ1v) is 7.67. The van der Waals surface area contributed by atoms with Crippen LogP contribution in [0.25, 0.3) is 0 Å². The number of para-hydroxylation sites is 1. The lowest BCUT2D eigenvalue weighted by Gasteiger charge is -2.22. The number of benzene rings is 2. The maximum atomic E-state index is 12.2. The number of ether oxygens (including phenoxy) is 2. The van der Waals surface area contributed by atoms with Crippen LogP contribution in [0, 0.1) is 0 Å². The molecule has 0 fully saturated rings. The Hall–Kier alpha value is -2.33. The van der Waals surface area contributed by atoms with Gasteiger partial charge in [-0.2, -0.15) is 0 Å². The zero-order valence-corrected chi connectivity index (χ0v) is 14.0. The van der Waals surface area contributed by atoms with Gasteiger partial charge in [-0.1, -0.05) is 30.3 Å². The largest absolute Gasteiger partial charge is 0.457 e. The third-order valence-electron chi connectivity index (χ3n) is 3.70. The molecule has 0 aliphatic heterocycles. The Balaban J connectivity index is 2.08. The van der Waals surface area contributed by atoms with Crippen LogP contribution in [0.5, 0.6) is 11.5 Å². The highest BCUT2D eigenvalue weighted by molar-refractivity contribution is 5.78. The van der Waals surface area contributed by atoms with Crippen molar-refractivity contribution >= 4 is 5.97 Å². The van der Waals surface area contributed by atoms with E-state index in [0.29, 0.717) is 5.75 Å². The summed E-state index contributed by atoms with van der Waals surface area (Å²) in [5.74, 6) is 0.870. The molecule has 0 saturated heterocycles. The second kappa shape index (κ2) is 7.79. The Kier molecular flexibility index (Phi) is 5.77. The van der Waals surface area contributed by atoms with Gasteiger partial charge in [-0.3, -0.25) is 9.69 Å². The summed E-state index contributed by atoms with van der Waals surface area (Å²) in [5.41, 5.74) is 0.870. The molecule has 0 saturated carbocycles. The summed E-state index contributed by atoms with van der Waals surface area (Å²) in [6, 6.07) is 17.1. The molecule has 2 aromatic carbocycles. The lowest BCUT2D eigenvalue weighted by Crippen LogP contribution is -2.31. The van der Waals surface area contributed by atoms with Crippen LogP contribution in [0.3, 0.4) is 0 Å². The van der Waals surface area contributed by atoms with Crippen LogP contribution in [0.15, 0.2) is 54.6 Å². The van der Waals surface area contributed by atoms with Crippen molar-refractivity contribution in [2.24, 2.45) is 0 Å². The van der Waals surface area contributed by atoms with Crippen LogP contribution >= 0.6 is 0 Å². The molecule has 0 radical (unpaired) electrons. The Labute approximate surface area is 137 Å². The van der Waals surface area contributed by atoms with E-state index in [1.807, 2.05) is 87.4 Å². The first-order chi connectivity index (χ1) is 11.0. The van der Waals surface area contributed by atoms with Gasteiger partial charge in [0, 0.05) is 0 Å². The third kappa shape index (κ3) is 4.83. The summed E-state index contributed by atoms with van der Waals surface area (Å²) in [6.45, 7) is 3.69. The zero-order chi connectivity index (χ0) is 16.8. The average Bonchev–Trinajstić information content (AvgIpc) is 2.55. The van der Waals surface area contributed by atoms with E-state index in [-0.39, 0.29) is 18.1 Å². The molecule has 0 amide bonds. The molecule has 2 unspecified atom stereocenters. The summed E-state index contributed by atoms with van der Waals surface area (Å²) < 4.78 is 11.2. The number of esters is 1. The molecule has 2 atom stereocenters. The van der Waals surface area contributed by atoms with Gasteiger partial charge in [-0.05, 0) is 57.8 Å². The van der Waals surface area contributed by atoms with Crippen molar-refractivity contribution in [3.63, 3.8) is 0 Å². The summed E-state index contributed by atoms with van der Waals surface area (Å²) in [5, 5.41) is 0. The van der Waals surface area contributed by atoms with Crippen LogP contribution in [0.4, 0.5) is 0 Å². The van der Waals surface area contributed by atoms with Crippen LogP contribution in [0.1, 0.15) is 25.3 Å². The van der Waals surface area contributed by atoms with Crippen LogP contribution in [-0.4, -0.2) is 31.2 Å². The van der Waals surface area contributed by atoms with Crippen molar-refractivity contribution in [1.29, 1.82) is 0 Å². The molecule has 4 nitrogen and oxygen atoms in total. The van der Waals surface area contributed by atoms with Crippen LogP contribution in [-0.2, 0) is 9.53 Å². The fraction of sp³-hybridized carbons (Fsp3) is 0.316. The molecule has 2 aromatic rings.